The number of methoxy groups -OCH3 is 1. The molecule has 6 nitrogen and oxygen atoms in total. The number of nitrogens with one attached hydrogen (secondary N) is 1. The minimum absolute atomic E-state index is 0.102. The van der Waals surface area contributed by atoms with Crippen molar-refractivity contribution < 1.29 is 19.0 Å². The predicted octanol–water partition coefficient (Wildman–Crippen LogP) is 1.87. The van der Waals surface area contributed by atoms with Crippen LogP contribution in [0.3, 0.4) is 0 Å². The third kappa shape index (κ3) is 4.61. The monoisotopic (exact) mass is 373 g/mol. The SMILES string of the molecule is COc1ccc(F)c(CN2CCC[C@](O)(CNCc3ccccn3)C2=O)c1. The van der Waals surface area contributed by atoms with Crippen molar-refractivity contribution in [2.45, 2.75) is 31.5 Å². The maximum absolute atomic E-state index is 14.1. The molecule has 1 aliphatic rings. The van der Waals surface area contributed by atoms with Crippen LogP contribution < -0.4 is 10.1 Å². The van der Waals surface area contributed by atoms with Crippen molar-refractivity contribution in [3.8, 4) is 5.75 Å². The Morgan fingerprint density at radius 2 is 2.22 bits per heavy atom. The van der Waals surface area contributed by atoms with E-state index >= 15 is 0 Å². The minimum atomic E-state index is -1.50. The summed E-state index contributed by atoms with van der Waals surface area (Å²) in [5.41, 5.74) is -0.296. The largest absolute Gasteiger partial charge is 0.497 e. The first kappa shape index (κ1) is 19.3. The lowest BCUT2D eigenvalue weighted by molar-refractivity contribution is -0.157. The highest BCUT2D eigenvalue weighted by Gasteiger charge is 2.41. The Balaban J connectivity index is 1.64. The van der Waals surface area contributed by atoms with Crippen molar-refractivity contribution in [2.24, 2.45) is 0 Å². The number of carbonyl (C=O) groups is 1. The van der Waals surface area contributed by atoms with E-state index in [0.29, 0.717) is 37.2 Å². The van der Waals surface area contributed by atoms with Crippen LogP contribution in [-0.4, -0.2) is 46.7 Å². The van der Waals surface area contributed by atoms with E-state index in [-0.39, 0.29) is 19.0 Å². The average molecular weight is 373 g/mol. The topological polar surface area (TPSA) is 74.7 Å². The zero-order chi connectivity index (χ0) is 19.3. The number of benzene rings is 1. The normalized spacial score (nSPS) is 20.0. The summed E-state index contributed by atoms with van der Waals surface area (Å²) in [5.74, 6) is -0.251. The molecule has 1 aromatic carbocycles. The van der Waals surface area contributed by atoms with Crippen LogP contribution in [0.15, 0.2) is 42.6 Å². The van der Waals surface area contributed by atoms with E-state index in [9.17, 15) is 14.3 Å². The number of amides is 1. The van der Waals surface area contributed by atoms with Gasteiger partial charge in [-0.05, 0) is 43.2 Å². The zero-order valence-electron chi connectivity index (χ0n) is 15.3. The van der Waals surface area contributed by atoms with Crippen molar-refractivity contribution in [3.63, 3.8) is 0 Å². The second-order valence-corrected chi connectivity index (χ2v) is 6.74. The maximum Gasteiger partial charge on any atom is 0.256 e. The van der Waals surface area contributed by atoms with Crippen LogP contribution >= 0.6 is 0 Å². The molecule has 0 radical (unpaired) electrons. The first-order valence-corrected chi connectivity index (χ1v) is 8.96. The van der Waals surface area contributed by atoms with Gasteiger partial charge in [-0.15, -0.1) is 0 Å². The second kappa shape index (κ2) is 8.45. The van der Waals surface area contributed by atoms with E-state index in [1.807, 2.05) is 18.2 Å². The number of nitrogens with zero attached hydrogens (tertiary/aromatic N) is 2. The summed E-state index contributed by atoms with van der Waals surface area (Å²) in [6.45, 7) is 1.17. The highest BCUT2D eigenvalue weighted by molar-refractivity contribution is 5.86. The van der Waals surface area contributed by atoms with Gasteiger partial charge in [-0.3, -0.25) is 9.78 Å². The maximum atomic E-state index is 14.1. The molecule has 0 spiro atoms. The van der Waals surface area contributed by atoms with Gasteiger partial charge in [0.05, 0.1) is 12.8 Å². The minimum Gasteiger partial charge on any atom is -0.497 e. The fourth-order valence-electron chi connectivity index (χ4n) is 3.28. The van der Waals surface area contributed by atoms with Gasteiger partial charge < -0.3 is 20.1 Å². The fourth-order valence-corrected chi connectivity index (χ4v) is 3.28. The molecule has 0 aliphatic carbocycles. The van der Waals surface area contributed by atoms with Gasteiger partial charge in [0.1, 0.15) is 11.6 Å². The van der Waals surface area contributed by atoms with Crippen molar-refractivity contribution in [3.05, 3.63) is 59.7 Å². The second-order valence-electron chi connectivity index (χ2n) is 6.74. The van der Waals surface area contributed by atoms with Crippen LogP contribution in [0.25, 0.3) is 0 Å². The van der Waals surface area contributed by atoms with Crippen molar-refractivity contribution in [1.29, 1.82) is 0 Å². The number of ether oxygens (including phenoxy) is 1. The summed E-state index contributed by atoms with van der Waals surface area (Å²) >= 11 is 0. The number of piperidine rings is 1. The lowest BCUT2D eigenvalue weighted by atomic mass is 9.91. The van der Waals surface area contributed by atoms with Gasteiger partial charge in [0.2, 0.25) is 0 Å². The van der Waals surface area contributed by atoms with Gasteiger partial charge in [0.15, 0.2) is 5.60 Å². The molecule has 7 heteroatoms. The third-order valence-electron chi connectivity index (χ3n) is 4.77. The van der Waals surface area contributed by atoms with Gasteiger partial charge >= 0.3 is 0 Å². The van der Waals surface area contributed by atoms with Crippen molar-refractivity contribution in [1.82, 2.24) is 15.2 Å². The van der Waals surface area contributed by atoms with Crippen LogP contribution in [0.1, 0.15) is 24.1 Å². The Labute approximate surface area is 158 Å². The Morgan fingerprint density at radius 3 is 2.96 bits per heavy atom. The van der Waals surface area contributed by atoms with Crippen LogP contribution in [0.2, 0.25) is 0 Å². The molecule has 0 saturated carbocycles. The van der Waals surface area contributed by atoms with Gasteiger partial charge in [-0.25, -0.2) is 4.39 Å². The number of likely N-dealkylation sites (tertiary alicyclic amines) is 1. The molecule has 1 atom stereocenters. The number of halogens is 1. The van der Waals surface area contributed by atoms with Crippen LogP contribution in [-0.2, 0) is 17.9 Å². The van der Waals surface area contributed by atoms with Crippen LogP contribution in [0, 0.1) is 5.82 Å². The van der Waals surface area contributed by atoms with E-state index in [0.717, 1.165) is 5.69 Å². The smallest absolute Gasteiger partial charge is 0.256 e. The molecule has 2 aromatic rings. The quantitative estimate of drug-likeness (QED) is 0.775. The Morgan fingerprint density at radius 1 is 1.37 bits per heavy atom. The summed E-state index contributed by atoms with van der Waals surface area (Å²) < 4.78 is 19.2. The molecule has 144 valence electrons. The summed E-state index contributed by atoms with van der Waals surface area (Å²) in [6, 6.07) is 10.0. The predicted molar refractivity (Wildman–Crippen MR) is 98.5 cm³/mol. The molecule has 3 rings (SSSR count). The van der Waals surface area contributed by atoms with Crippen molar-refractivity contribution >= 4 is 5.91 Å². The number of carbonyl (C=O) groups excluding carboxylic acids is 1. The molecule has 1 aromatic heterocycles. The summed E-state index contributed by atoms with van der Waals surface area (Å²) in [7, 11) is 1.51. The summed E-state index contributed by atoms with van der Waals surface area (Å²) in [5, 5.41) is 13.9. The molecule has 2 heterocycles. The van der Waals surface area contributed by atoms with E-state index in [4.69, 9.17) is 4.74 Å². The van der Waals surface area contributed by atoms with Gasteiger partial charge in [-0.1, -0.05) is 6.07 Å². The van der Waals surface area contributed by atoms with E-state index < -0.39 is 11.4 Å². The fraction of sp³-hybridized carbons (Fsp3) is 0.400. The van der Waals surface area contributed by atoms with E-state index in [1.54, 1.807) is 12.3 Å². The number of hydrogen-bond acceptors (Lipinski definition) is 5. The van der Waals surface area contributed by atoms with Gasteiger partial charge in [0.25, 0.3) is 5.91 Å². The van der Waals surface area contributed by atoms with Gasteiger partial charge in [-0.2, -0.15) is 0 Å². The Kier molecular flexibility index (Phi) is 6.03. The molecule has 1 amide bonds. The van der Waals surface area contributed by atoms with Crippen LogP contribution in [0.4, 0.5) is 4.39 Å². The Hall–Kier alpha value is -2.51. The molecule has 1 aliphatic heterocycles. The van der Waals surface area contributed by atoms with E-state index in [2.05, 4.69) is 10.3 Å². The standard InChI is InChI=1S/C20H24FN3O3/c1-27-17-6-7-18(21)15(11-17)13-24-10-4-8-20(26,19(24)25)14-22-12-16-5-2-3-9-23-16/h2-3,5-7,9,11,22,26H,4,8,10,12-14H2,1H3/t20-/m0/s1. The number of aliphatic hydroxyl groups is 1. The summed E-state index contributed by atoms with van der Waals surface area (Å²) in [6.07, 6.45) is 2.72. The highest BCUT2D eigenvalue weighted by atomic mass is 19.1. The molecule has 0 bridgehead atoms. The number of aromatic nitrogens is 1. The molecule has 27 heavy (non-hydrogen) atoms. The third-order valence-corrected chi connectivity index (χ3v) is 4.77. The molecular formula is C20H24FN3O3. The first-order chi connectivity index (χ1) is 13.0. The van der Waals surface area contributed by atoms with Crippen molar-refractivity contribution in [2.75, 3.05) is 20.2 Å². The summed E-state index contributed by atoms with van der Waals surface area (Å²) in [4.78, 5) is 18.5. The Bertz CT molecular complexity index is 787. The molecule has 1 saturated heterocycles. The average Bonchev–Trinajstić information content (AvgIpc) is 2.68. The number of pyridine rings is 1. The number of rotatable bonds is 7. The lowest BCUT2D eigenvalue weighted by Gasteiger charge is -2.38. The highest BCUT2D eigenvalue weighted by Crippen LogP contribution is 2.25. The number of hydrogen-bond donors (Lipinski definition) is 2. The van der Waals surface area contributed by atoms with Gasteiger partial charge in [0, 0.05) is 37.9 Å². The van der Waals surface area contributed by atoms with E-state index in [1.165, 1.54) is 24.1 Å². The lowest BCUT2D eigenvalue weighted by Crippen LogP contribution is -2.57. The van der Waals surface area contributed by atoms with Crippen LogP contribution in [0.5, 0.6) is 5.75 Å². The molecular weight excluding hydrogens is 349 g/mol. The molecule has 0 unspecified atom stereocenters. The zero-order valence-corrected chi connectivity index (χ0v) is 15.3. The molecule has 2 N–H and O–H groups in total. The first-order valence-electron chi connectivity index (χ1n) is 8.96. The molecule has 1 fully saturated rings.